The number of hydrogen-bond donors (Lipinski definition) is 1. The molecule has 1 aliphatic rings. The Morgan fingerprint density at radius 1 is 1.35 bits per heavy atom. The van der Waals surface area contributed by atoms with Crippen LogP contribution in [0.3, 0.4) is 0 Å². The monoisotopic (exact) mass is 337 g/mol. The second-order valence-electron chi connectivity index (χ2n) is 4.67. The molecule has 0 aliphatic carbocycles. The number of carboxylic acids is 1. The van der Waals surface area contributed by atoms with Crippen LogP contribution in [0.25, 0.3) is 0 Å². The van der Waals surface area contributed by atoms with Crippen LogP contribution in [0.1, 0.15) is 30.1 Å². The number of halogens is 2. The first-order chi connectivity index (χ1) is 9.25. The number of benzene rings is 1. The van der Waals surface area contributed by atoms with E-state index in [1.165, 1.54) is 4.31 Å². The Morgan fingerprint density at radius 3 is 2.50 bits per heavy atom. The zero-order chi connectivity index (χ0) is 15.1. The van der Waals surface area contributed by atoms with Gasteiger partial charge in [0.2, 0.25) is 10.0 Å². The van der Waals surface area contributed by atoms with Crippen LogP contribution in [0.2, 0.25) is 10.0 Å². The molecular weight excluding hydrogens is 325 g/mol. The van der Waals surface area contributed by atoms with Crippen molar-refractivity contribution in [2.24, 2.45) is 0 Å². The first-order valence-corrected chi connectivity index (χ1v) is 8.19. The highest BCUT2D eigenvalue weighted by atomic mass is 35.5. The van der Waals surface area contributed by atoms with Crippen molar-refractivity contribution in [1.82, 2.24) is 4.31 Å². The number of carboxylic acid groups (broad SMARTS) is 1. The van der Waals surface area contributed by atoms with E-state index in [1.807, 2.05) is 6.92 Å². The molecule has 1 saturated heterocycles. The van der Waals surface area contributed by atoms with Crippen molar-refractivity contribution in [1.29, 1.82) is 0 Å². The predicted octanol–water partition coefficient (Wildman–Crippen LogP) is 2.86. The molecule has 1 heterocycles. The van der Waals surface area contributed by atoms with Crippen molar-refractivity contribution in [2.75, 3.05) is 6.54 Å². The zero-order valence-electron chi connectivity index (χ0n) is 10.6. The maximum absolute atomic E-state index is 12.6. The Labute approximate surface area is 127 Å². The maximum Gasteiger partial charge on any atom is 0.337 e. The minimum absolute atomic E-state index is 0.0703. The highest BCUT2D eigenvalue weighted by Gasteiger charge is 2.34. The summed E-state index contributed by atoms with van der Waals surface area (Å²) < 4.78 is 26.5. The summed E-state index contributed by atoms with van der Waals surface area (Å²) >= 11 is 11.7. The molecule has 20 heavy (non-hydrogen) atoms. The highest BCUT2D eigenvalue weighted by Crippen LogP contribution is 2.33. The molecule has 0 saturated carbocycles. The van der Waals surface area contributed by atoms with Gasteiger partial charge in [0.15, 0.2) is 0 Å². The molecule has 0 radical (unpaired) electrons. The molecule has 1 fully saturated rings. The number of carbonyl (C=O) groups is 1. The number of hydrogen-bond acceptors (Lipinski definition) is 3. The third-order valence-corrected chi connectivity index (χ3v) is 6.12. The van der Waals surface area contributed by atoms with Crippen LogP contribution < -0.4 is 0 Å². The largest absolute Gasteiger partial charge is 0.478 e. The van der Waals surface area contributed by atoms with E-state index in [-0.39, 0.29) is 26.5 Å². The van der Waals surface area contributed by atoms with Crippen LogP contribution in [0.15, 0.2) is 17.0 Å². The SMILES string of the molecule is CC1CCCN1S(=O)(=O)c1cc(C(=O)O)c(Cl)cc1Cl. The van der Waals surface area contributed by atoms with Crippen LogP contribution in [0.4, 0.5) is 0 Å². The van der Waals surface area contributed by atoms with E-state index in [0.717, 1.165) is 25.0 Å². The summed E-state index contributed by atoms with van der Waals surface area (Å²) in [4.78, 5) is 10.8. The normalized spacial score (nSPS) is 20.2. The van der Waals surface area contributed by atoms with E-state index < -0.39 is 16.0 Å². The van der Waals surface area contributed by atoms with Crippen LogP contribution in [-0.2, 0) is 10.0 Å². The predicted molar refractivity (Wildman–Crippen MR) is 76.0 cm³/mol. The minimum Gasteiger partial charge on any atom is -0.478 e. The molecule has 1 N–H and O–H groups in total. The number of nitrogens with zero attached hydrogens (tertiary/aromatic N) is 1. The van der Waals surface area contributed by atoms with Gasteiger partial charge in [0.05, 0.1) is 15.6 Å². The second-order valence-corrected chi connectivity index (χ2v) is 7.35. The number of rotatable bonds is 3. The summed E-state index contributed by atoms with van der Waals surface area (Å²) in [5.41, 5.74) is -0.276. The fourth-order valence-corrected chi connectivity index (χ4v) is 4.81. The van der Waals surface area contributed by atoms with Gasteiger partial charge >= 0.3 is 5.97 Å². The van der Waals surface area contributed by atoms with E-state index in [2.05, 4.69) is 0 Å². The molecule has 1 aromatic carbocycles. The van der Waals surface area contributed by atoms with E-state index in [1.54, 1.807) is 0 Å². The molecule has 8 heteroatoms. The van der Waals surface area contributed by atoms with E-state index in [0.29, 0.717) is 6.54 Å². The van der Waals surface area contributed by atoms with Gasteiger partial charge in [-0.05, 0) is 31.9 Å². The van der Waals surface area contributed by atoms with Gasteiger partial charge in [-0.1, -0.05) is 23.2 Å². The molecule has 0 spiro atoms. The van der Waals surface area contributed by atoms with Crippen LogP contribution >= 0.6 is 23.2 Å². The Balaban J connectivity index is 2.57. The van der Waals surface area contributed by atoms with Crippen molar-refractivity contribution in [3.63, 3.8) is 0 Å². The molecule has 1 aliphatic heterocycles. The highest BCUT2D eigenvalue weighted by molar-refractivity contribution is 7.89. The Bertz CT molecular complexity index is 660. The average molecular weight is 338 g/mol. The van der Waals surface area contributed by atoms with Crippen molar-refractivity contribution in [3.05, 3.63) is 27.7 Å². The number of sulfonamides is 1. The zero-order valence-corrected chi connectivity index (χ0v) is 13.0. The van der Waals surface area contributed by atoms with Crippen molar-refractivity contribution < 1.29 is 18.3 Å². The summed E-state index contributed by atoms with van der Waals surface area (Å²) in [7, 11) is -3.81. The molecule has 110 valence electrons. The smallest absolute Gasteiger partial charge is 0.337 e. The molecule has 0 amide bonds. The van der Waals surface area contributed by atoms with Gasteiger partial charge in [-0.25, -0.2) is 13.2 Å². The van der Waals surface area contributed by atoms with Gasteiger partial charge in [0.1, 0.15) is 4.90 Å². The van der Waals surface area contributed by atoms with Crippen LogP contribution in [0.5, 0.6) is 0 Å². The van der Waals surface area contributed by atoms with Crippen molar-refractivity contribution >= 4 is 39.2 Å². The lowest BCUT2D eigenvalue weighted by molar-refractivity contribution is 0.0697. The molecule has 2 rings (SSSR count). The quantitative estimate of drug-likeness (QED) is 0.920. The fraction of sp³-hybridized carbons (Fsp3) is 0.417. The molecule has 1 unspecified atom stereocenters. The van der Waals surface area contributed by atoms with E-state index in [4.69, 9.17) is 28.3 Å². The van der Waals surface area contributed by atoms with Crippen molar-refractivity contribution in [2.45, 2.75) is 30.7 Å². The summed E-state index contributed by atoms with van der Waals surface area (Å²) in [6, 6.07) is 2.05. The van der Waals surface area contributed by atoms with Gasteiger partial charge in [0.25, 0.3) is 0 Å². The van der Waals surface area contributed by atoms with Gasteiger partial charge in [0, 0.05) is 12.6 Å². The topological polar surface area (TPSA) is 74.7 Å². The average Bonchev–Trinajstić information content (AvgIpc) is 2.75. The van der Waals surface area contributed by atoms with Gasteiger partial charge in [-0.3, -0.25) is 0 Å². The molecule has 0 bridgehead atoms. The summed E-state index contributed by atoms with van der Waals surface area (Å²) in [5, 5.41) is 8.87. The van der Waals surface area contributed by atoms with Gasteiger partial charge in [-0.15, -0.1) is 0 Å². The van der Waals surface area contributed by atoms with Crippen LogP contribution in [0, 0.1) is 0 Å². The molecule has 1 aromatic rings. The first-order valence-electron chi connectivity index (χ1n) is 5.99. The lowest BCUT2D eigenvalue weighted by atomic mass is 10.2. The maximum atomic E-state index is 12.6. The standard InChI is InChI=1S/C12H13Cl2NO4S/c1-7-3-2-4-15(7)20(18,19)11-5-8(12(16)17)9(13)6-10(11)14/h5-7H,2-4H2,1H3,(H,16,17). The van der Waals surface area contributed by atoms with E-state index in [9.17, 15) is 13.2 Å². The first kappa shape index (κ1) is 15.6. The summed E-state index contributed by atoms with van der Waals surface area (Å²) in [6.45, 7) is 2.22. The summed E-state index contributed by atoms with van der Waals surface area (Å²) in [6.07, 6.45) is 1.55. The molecule has 1 atom stereocenters. The van der Waals surface area contributed by atoms with Gasteiger partial charge in [-0.2, -0.15) is 4.31 Å². The fourth-order valence-electron chi connectivity index (χ4n) is 2.28. The van der Waals surface area contributed by atoms with Gasteiger partial charge < -0.3 is 5.11 Å². The Hall–Kier alpha value is -0.820. The molecule has 0 aromatic heterocycles. The molecular formula is C12H13Cl2NO4S. The third-order valence-electron chi connectivity index (χ3n) is 3.33. The third kappa shape index (κ3) is 2.65. The second kappa shape index (κ2) is 5.52. The number of aromatic carboxylic acids is 1. The van der Waals surface area contributed by atoms with Crippen molar-refractivity contribution in [3.8, 4) is 0 Å². The lowest BCUT2D eigenvalue weighted by Gasteiger charge is -2.21. The lowest BCUT2D eigenvalue weighted by Crippen LogP contribution is -2.34. The molecule has 5 nitrogen and oxygen atoms in total. The van der Waals surface area contributed by atoms with E-state index >= 15 is 0 Å². The minimum atomic E-state index is -3.81. The van der Waals surface area contributed by atoms with Crippen LogP contribution in [-0.4, -0.2) is 36.4 Å². The Morgan fingerprint density at radius 2 is 2.00 bits per heavy atom. The summed E-state index contributed by atoms with van der Waals surface area (Å²) in [5.74, 6) is -1.29. The Kier molecular flexibility index (Phi) is 4.30.